The van der Waals surface area contributed by atoms with Crippen LogP contribution in [0, 0.1) is 17.2 Å². The van der Waals surface area contributed by atoms with Gasteiger partial charge >= 0.3 is 0 Å². The van der Waals surface area contributed by atoms with E-state index < -0.39 is 5.92 Å². The maximum atomic E-state index is 13.1. The molecule has 0 aliphatic carbocycles. The smallest absolute Gasteiger partial charge is 0.251 e. The molecule has 2 fully saturated rings. The molecule has 0 spiro atoms. The maximum Gasteiger partial charge on any atom is 0.251 e. The van der Waals surface area contributed by atoms with Crippen molar-refractivity contribution in [2.24, 2.45) is 5.92 Å². The van der Waals surface area contributed by atoms with Gasteiger partial charge in [0.1, 0.15) is 6.07 Å². The van der Waals surface area contributed by atoms with E-state index in [1.54, 1.807) is 18.5 Å². The molecule has 1 amide bonds. The van der Waals surface area contributed by atoms with Crippen LogP contribution in [0.25, 0.3) is 0 Å². The molecule has 0 aromatic carbocycles. The number of amides is 1. The van der Waals surface area contributed by atoms with Crippen molar-refractivity contribution in [3.8, 4) is 6.07 Å². The minimum Gasteiger partial charge on any atom is -0.367 e. The number of alkyl halides is 2. The summed E-state index contributed by atoms with van der Waals surface area (Å²) in [6.45, 7) is 1.26. The fourth-order valence-corrected chi connectivity index (χ4v) is 2.88. The van der Waals surface area contributed by atoms with E-state index >= 15 is 0 Å². The molecule has 22 heavy (non-hydrogen) atoms. The first-order valence-corrected chi connectivity index (χ1v) is 7.26. The molecule has 7 heteroatoms. The Morgan fingerprint density at radius 1 is 1.36 bits per heavy atom. The number of piperidine rings is 1. The van der Waals surface area contributed by atoms with Crippen LogP contribution < -0.4 is 4.90 Å². The van der Waals surface area contributed by atoms with Crippen LogP contribution in [0.5, 0.6) is 0 Å². The van der Waals surface area contributed by atoms with Crippen LogP contribution in [-0.2, 0) is 4.79 Å². The van der Waals surface area contributed by atoms with Crippen LogP contribution in [0.1, 0.15) is 18.4 Å². The number of likely N-dealkylation sites (tertiary alicyclic amines) is 1. The summed E-state index contributed by atoms with van der Waals surface area (Å²) in [5.74, 6) is -2.88. The third-order valence-electron chi connectivity index (χ3n) is 4.30. The Labute approximate surface area is 127 Å². The van der Waals surface area contributed by atoms with Crippen molar-refractivity contribution in [3.05, 3.63) is 24.0 Å². The number of nitrogens with zero attached hydrogens (tertiary/aromatic N) is 4. The van der Waals surface area contributed by atoms with E-state index in [0.717, 1.165) is 5.69 Å². The third kappa shape index (κ3) is 2.73. The van der Waals surface area contributed by atoms with Crippen LogP contribution in [0.4, 0.5) is 14.5 Å². The molecule has 0 bridgehead atoms. The number of halogens is 2. The quantitative estimate of drug-likeness (QED) is 0.833. The molecule has 116 valence electrons. The van der Waals surface area contributed by atoms with Gasteiger partial charge in [0.05, 0.1) is 23.4 Å². The zero-order valence-electron chi connectivity index (χ0n) is 12.0. The first kappa shape index (κ1) is 14.7. The van der Waals surface area contributed by atoms with Gasteiger partial charge in [-0.1, -0.05) is 0 Å². The molecule has 1 aromatic heterocycles. The number of carbonyl (C=O) groups is 1. The predicted octanol–water partition coefficient (Wildman–Crippen LogP) is 1.65. The van der Waals surface area contributed by atoms with E-state index in [9.17, 15) is 13.6 Å². The second-order valence-corrected chi connectivity index (χ2v) is 5.79. The molecular weight excluding hydrogens is 290 g/mol. The predicted molar refractivity (Wildman–Crippen MR) is 75.4 cm³/mol. The number of hydrogen-bond acceptors (Lipinski definition) is 4. The van der Waals surface area contributed by atoms with Crippen LogP contribution >= 0.6 is 0 Å². The molecule has 5 nitrogen and oxygen atoms in total. The van der Waals surface area contributed by atoms with E-state index in [1.807, 2.05) is 4.90 Å². The Balaban J connectivity index is 1.57. The monoisotopic (exact) mass is 306 g/mol. The van der Waals surface area contributed by atoms with Gasteiger partial charge in [-0.05, 0) is 6.07 Å². The van der Waals surface area contributed by atoms with E-state index in [2.05, 4.69) is 11.1 Å². The lowest BCUT2D eigenvalue weighted by atomic mass is 9.95. The molecule has 0 saturated carbocycles. The van der Waals surface area contributed by atoms with Crippen molar-refractivity contribution >= 4 is 11.6 Å². The number of hydrogen-bond donors (Lipinski definition) is 0. The molecule has 2 aliphatic heterocycles. The zero-order valence-corrected chi connectivity index (χ0v) is 12.0. The van der Waals surface area contributed by atoms with Gasteiger partial charge in [-0.25, -0.2) is 8.78 Å². The summed E-state index contributed by atoms with van der Waals surface area (Å²) in [5.41, 5.74) is 1.25. The number of aromatic nitrogens is 1. The molecule has 2 saturated heterocycles. The second-order valence-electron chi connectivity index (χ2n) is 5.79. The number of pyridine rings is 1. The van der Waals surface area contributed by atoms with Crippen LogP contribution in [0.15, 0.2) is 18.5 Å². The van der Waals surface area contributed by atoms with Gasteiger partial charge in [-0.2, -0.15) is 5.26 Å². The Morgan fingerprint density at radius 2 is 2.05 bits per heavy atom. The molecule has 0 atom stereocenters. The van der Waals surface area contributed by atoms with Gasteiger partial charge in [0.15, 0.2) is 0 Å². The van der Waals surface area contributed by atoms with E-state index in [4.69, 9.17) is 5.26 Å². The van der Waals surface area contributed by atoms with Crippen molar-refractivity contribution in [1.82, 2.24) is 9.88 Å². The van der Waals surface area contributed by atoms with E-state index in [-0.39, 0.29) is 37.8 Å². The Hall–Kier alpha value is -2.23. The average Bonchev–Trinajstić information content (AvgIpc) is 2.46. The number of rotatable bonds is 2. The molecule has 3 heterocycles. The standard InChI is InChI=1S/C15H16F2N4O/c16-15(17)2-5-20(6-3-15)14(22)12-9-21(10-12)13-8-19-4-1-11(13)7-18/h1,4,8,12H,2-3,5-6,9-10H2. The lowest BCUT2D eigenvalue weighted by Gasteiger charge is -2.43. The normalized spacial score (nSPS) is 21.1. The lowest BCUT2D eigenvalue weighted by Crippen LogP contribution is -2.56. The lowest BCUT2D eigenvalue weighted by molar-refractivity contribution is -0.142. The fraction of sp³-hybridized carbons (Fsp3) is 0.533. The first-order chi connectivity index (χ1) is 10.5. The highest BCUT2D eigenvalue weighted by Crippen LogP contribution is 2.31. The number of anilines is 1. The van der Waals surface area contributed by atoms with Gasteiger partial charge in [0, 0.05) is 45.2 Å². The van der Waals surface area contributed by atoms with Crippen LogP contribution in [0.3, 0.4) is 0 Å². The Bertz CT molecular complexity index is 612. The van der Waals surface area contributed by atoms with Crippen molar-refractivity contribution < 1.29 is 13.6 Å². The maximum absolute atomic E-state index is 13.1. The minimum atomic E-state index is -2.64. The summed E-state index contributed by atoms with van der Waals surface area (Å²) in [6.07, 6.45) is 2.66. The van der Waals surface area contributed by atoms with Crippen molar-refractivity contribution in [3.63, 3.8) is 0 Å². The Kier molecular flexibility index (Phi) is 3.69. The summed E-state index contributed by atoms with van der Waals surface area (Å²) in [6, 6.07) is 3.74. The second kappa shape index (κ2) is 5.52. The molecule has 1 aromatic rings. The van der Waals surface area contributed by atoms with E-state index in [1.165, 1.54) is 4.90 Å². The topological polar surface area (TPSA) is 60.2 Å². The molecule has 0 unspecified atom stereocenters. The minimum absolute atomic E-state index is 0.0610. The largest absolute Gasteiger partial charge is 0.367 e. The van der Waals surface area contributed by atoms with Gasteiger partial charge < -0.3 is 9.80 Å². The van der Waals surface area contributed by atoms with Gasteiger partial charge in [-0.3, -0.25) is 9.78 Å². The first-order valence-electron chi connectivity index (χ1n) is 7.26. The van der Waals surface area contributed by atoms with Gasteiger partial charge in [0.25, 0.3) is 5.92 Å². The van der Waals surface area contributed by atoms with Crippen molar-refractivity contribution in [2.75, 3.05) is 31.1 Å². The summed E-state index contributed by atoms with van der Waals surface area (Å²) in [5, 5.41) is 9.06. The highest BCUT2D eigenvalue weighted by atomic mass is 19.3. The fourth-order valence-electron chi connectivity index (χ4n) is 2.88. The summed E-state index contributed by atoms with van der Waals surface area (Å²) in [7, 11) is 0. The highest BCUT2D eigenvalue weighted by molar-refractivity contribution is 5.82. The third-order valence-corrected chi connectivity index (χ3v) is 4.30. The zero-order chi connectivity index (χ0) is 15.7. The van der Waals surface area contributed by atoms with Crippen LogP contribution in [0.2, 0.25) is 0 Å². The summed E-state index contributed by atoms with van der Waals surface area (Å²) in [4.78, 5) is 19.8. The highest BCUT2D eigenvalue weighted by Gasteiger charge is 2.40. The van der Waals surface area contributed by atoms with Gasteiger partial charge in [-0.15, -0.1) is 0 Å². The number of carbonyl (C=O) groups excluding carboxylic acids is 1. The molecule has 3 rings (SSSR count). The number of nitriles is 1. The van der Waals surface area contributed by atoms with Crippen molar-refractivity contribution in [2.45, 2.75) is 18.8 Å². The molecule has 0 radical (unpaired) electrons. The Morgan fingerprint density at radius 3 is 2.68 bits per heavy atom. The molecule has 2 aliphatic rings. The molecule has 0 N–H and O–H groups in total. The van der Waals surface area contributed by atoms with Crippen LogP contribution in [-0.4, -0.2) is 47.9 Å². The SMILES string of the molecule is N#Cc1ccncc1N1CC(C(=O)N2CCC(F)(F)CC2)C1. The summed E-state index contributed by atoms with van der Waals surface area (Å²) < 4.78 is 26.2. The van der Waals surface area contributed by atoms with Crippen molar-refractivity contribution in [1.29, 1.82) is 5.26 Å². The summed E-state index contributed by atoms with van der Waals surface area (Å²) >= 11 is 0. The average molecular weight is 306 g/mol. The van der Waals surface area contributed by atoms with Gasteiger partial charge in [0.2, 0.25) is 5.91 Å². The van der Waals surface area contributed by atoms with E-state index in [0.29, 0.717) is 18.7 Å². The molecular formula is C15H16F2N4O.